The van der Waals surface area contributed by atoms with Gasteiger partial charge in [0.1, 0.15) is 11.6 Å². The molecule has 0 aliphatic rings. The van der Waals surface area contributed by atoms with E-state index in [9.17, 15) is 9.18 Å². The van der Waals surface area contributed by atoms with Crippen molar-refractivity contribution in [3.05, 3.63) is 82.2 Å². The maximum Gasteiger partial charge on any atom is 0.329 e. The Bertz CT molecular complexity index is 1260. The summed E-state index contributed by atoms with van der Waals surface area (Å²) >= 11 is 0. The molecule has 3 N–H and O–H groups in total. The average Bonchev–Trinajstić information content (AvgIpc) is 2.98. The third-order valence-corrected chi connectivity index (χ3v) is 5.34. The Morgan fingerprint density at radius 2 is 1.81 bits per heavy atom. The van der Waals surface area contributed by atoms with Crippen molar-refractivity contribution < 1.29 is 4.39 Å². The number of para-hydroxylation sites is 2. The lowest BCUT2D eigenvalue weighted by Gasteiger charge is -2.15. The second-order valence-electron chi connectivity index (χ2n) is 7.73. The molecule has 1 atom stereocenters. The Morgan fingerprint density at radius 1 is 1.10 bits per heavy atom. The Balaban J connectivity index is 1.49. The quantitative estimate of drug-likeness (QED) is 0.479. The number of nitrogens with two attached hydrogens (primary N) is 1. The van der Waals surface area contributed by atoms with E-state index in [4.69, 9.17) is 5.73 Å². The van der Waals surface area contributed by atoms with Crippen molar-refractivity contribution in [1.29, 1.82) is 0 Å². The van der Waals surface area contributed by atoms with Gasteiger partial charge in [0.05, 0.1) is 23.3 Å². The molecule has 0 aliphatic heterocycles. The molecule has 7 nitrogen and oxygen atoms in total. The molecule has 0 aliphatic carbocycles. The molecule has 0 fully saturated rings. The molecule has 0 saturated heterocycles. The van der Waals surface area contributed by atoms with E-state index in [2.05, 4.69) is 22.2 Å². The third kappa shape index (κ3) is 4.58. The molecular weight excluding hydrogens is 395 g/mol. The molecule has 4 rings (SSSR count). The fourth-order valence-electron chi connectivity index (χ4n) is 3.71. The van der Waals surface area contributed by atoms with E-state index in [0.29, 0.717) is 18.1 Å². The van der Waals surface area contributed by atoms with Crippen LogP contribution in [0.15, 0.2) is 59.4 Å². The molecule has 8 heteroatoms. The van der Waals surface area contributed by atoms with E-state index >= 15 is 0 Å². The standard InChI is InChI=1S/C23H25FN6O/c1-15(7-8-16-9-11-17(24)12-10-16)26-21-13-18(27-22(25)28-21)14-30-20-6-4-3-5-19(20)29(2)23(30)31/h3-6,9-13,15H,7-8,14H2,1-2H3,(H3,25,26,27,28). The summed E-state index contributed by atoms with van der Waals surface area (Å²) in [6.07, 6.45) is 1.65. The first-order valence-corrected chi connectivity index (χ1v) is 10.2. The van der Waals surface area contributed by atoms with Crippen molar-refractivity contribution in [3.8, 4) is 0 Å². The average molecular weight is 420 g/mol. The van der Waals surface area contributed by atoms with Gasteiger partial charge in [-0.2, -0.15) is 4.98 Å². The number of fused-ring (bicyclic) bond motifs is 1. The van der Waals surface area contributed by atoms with Crippen LogP contribution in [0.4, 0.5) is 16.2 Å². The fraction of sp³-hybridized carbons (Fsp3) is 0.261. The zero-order valence-corrected chi connectivity index (χ0v) is 17.5. The molecule has 2 aromatic heterocycles. The molecule has 0 radical (unpaired) electrons. The monoisotopic (exact) mass is 420 g/mol. The summed E-state index contributed by atoms with van der Waals surface area (Å²) in [5.74, 6) is 0.533. The first kappa shape index (κ1) is 20.6. The highest BCUT2D eigenvalue weighted by Crippen LogP contribution is 2.16. The third-order valence-electron chi connectivity index (χ3n) is 5.34. The van der Waals surface area contributed by atoms with Crippen LogP contribution in [0.25, 0.3) is 11.0 Å². The van der Waals surface area contributed by atoms with Gasteiger partial charge >= 0.3 is 5.69 Å². The molecule has 160 valence electrons. The lowest BCUT2D eigenvalue weighted by Crippen LogP contribution is -2.23. The summed E-state index contributed by atoms with van der Waals surface area (Å²) < 4.78 is 16.4. The van der Waals surface area contributed by atoms with Crippen LogP contribution in [0, 0.1) is 5.82 Å². The number of benzene rings is 2. The number of nitrogen functional groups attached to an aromatic ring is 1. The summed E-state index contributed by atoms with van der Waals surface area (Å²) in [7, 11) is 1.76. The summed E-state index contributed by atoms with van der Waals surface area (Å²) in [4.78, 5) is 21.3. The van der Waals surface area contributed by atoms with Crippen molar-refractivity contribution in [3.63, 3.8) is 0 Å². The number of rotatable bonds is 7. The largest absolute Gasteiger partial charge is 0.368 e. The zero-order chi connectivity index (χ0) is 22.0. The highest BCUT2D eigenvalue weighted by molar-refractivity contribution is 5.76. The molecule has 0 spiro atoms. The van der Waals surface area contributed by atoms with Gasteiger partial charge < -0.3 is 11.1 Å². The summed E-state index contributed by atoms with van der Waals surface area (Å²) in [6.45, 7) is 2.35. The van der Waals surface area contributed by atoms with Crippen LogP contribution in [0.5, 0.6) is 0 Å². The smallest absolute Gasteiger partial charge is 0.329 e. The van der Waals surface area contributed by atoms with Gasteiger partial charge in [-0.05, 0) is 49.6 Å². The number of hydrogen-bond donors (Lipinski definition) is 2. The molecule has 1 unspecified atom stereocenters. The first-order valence-electron chi connectivity index (χ1n) is 10.2. The first-order chi connectivity index (χ1) is 14.9. The summed E-state index contributed by atoms with van der Waals surface area (Å²) in [5, 5.41) is 3.35. The van der Waals surface area contributed by atoms with Crippen LogP contribution in [0.3, 0.4) is 0 Å². The zero-order valence-electron chi connectivity index (χ0n) is 17.5. The molecule has 0 saturated carbocycles. The van der Waals surface area contributed by atoms with Crippen molar-refractivity contribution >= 4 is 22.8 Å². The van der Waals surface area contributed by atoms with Gasteiger partial charge in [0, 0.05) is 19.2 Å². The summed E-state index contributed by atoms with van der Waals surface area (Å²) in [6, 6.07) is 16.1. The number of aromatic nitrogens is 4. The van der Waals surface area contributed by atoms with Gasteiger partial charge in [-0.25, -0.2) is 14.2 Å². The van der Waals surface area contributed by atoms with Crippen molar-refractivity contribution in [2.45, 2.75) is 32.4 Å². The van der Waals surface area contributed by atoms with E-state index in [0.717, 1.165) is 29.4 Å². The van der Waals surface area contributed by atoms with Crippen LogP contribution in [-0.4, -0.2) is 25.1 Å². The lowest BCUT2D eigenvalue weighted by atomic mass is 10.1. The van der Waals surface area contributed by atoms with Crippen LogP contribution >= 0.6 is 0 Å². The molecule has 0 bridgehead atoms. The maximum atomic E-state index is 13.1. The lowest BCUT2D eigenvalue weighted by molar-refractivity contribution is 0.626. The van der Waals surface area contributed by atoms with Gasteiger partial charge in [0.15, 0.2) is 0 Å². The topological polar surface area (TPSA) is 90.8 Å². The van der Waals surface area contributed by atoms with E-state index in [1.807, 2.05) is 30.3 Å². The minimum atomic E-state index is -0.232. The Labute approximate surface area is 179 Å². The number of nitrogens with zero attached hydrogens (tertiary/aromatic N) is 4. The number of aryl methyl sites for hydroxylation is 2. The number of imidazole rings is 1. The number of halogens is 1. The van der Waals surface area contributed by atoms with Crippen LogP contribution in [0.2, 0.25) is 0 Å². The van der Waals surface area contributed by atoms with Gasteiger partial charge in [-0.3, -0.25) is 9.13 Å². The van der Waals surface area contributed by atoms with E-state index in [1.165, 1.54) is 12.1 Å². The van der Waals surface area contributed by atoms with Gasteiger partial charge in [0.25, 0.3) is 0 Å². The van der Waals surface area contributed by atoms with E-state index < -0.39 is 0 Å². The fourth-order valence-corrected chi connectivity index (χ4v) is 3.71. The van der Waals surface area contributed by atoms with Gasteiger partial charge in [0.2, 0.25) is 5.95 Å². The molecule has 2 aromatic carbocycles. The number of anilines is 2. The second-order valence-corrected chi connectivity index (χ2v) is 7.73. The van der Waals surface area contributed by atoms with Crippen LogP contribution < -0.4 is 16.7 Å². The van der Waals surface area contributed by atoms with Crippen LogP contribution in [-0.2, 0) is 20.0 Å². The molecule has 4 aromatic rings. The predicted octanol–water partition coefficient (Wildman–Crippen LogP) is 3.33. The van der Waals surface area contributed by atoms with E-state index in [1.54, 1.807) is 28.3 Å². The molecular formula is C23H25FN6O. The van der Waals surface area contributed by atoms with Gasteiger partial charge in [-0.1, -0.05) is 24.3 Å². The van der Waals surface area contributed by atoms with Gasteiger partial charge in [-0.15, -0.1) is 0 Å². The highest BCUT2D eigenvalue weighted by Gasteiger charge is 2.13. The van der Waals surface area contributed by atoms with Crippen molar-refractivity contribution in [1.82, 2.24) is 19.1 Å². The summed E-state index contributed by atoms with van der Waals surface area (Å²) in [5.41, 5.74) is 9.26. The number of nitrogens with one attached hydrogen (secondary N) is 1. The minimum Gasteiger partial charge on any atom is -0.368 e. The van der Waals surface area contributed by atoms with E-state index in [-0.39, 0.29) is 23.5 Å². The highest BCUT2D eigenvalue weighted by atomic mass is 19.1. The normalized spacial score (nSPS) is 12.2. The predicted molar refractivity (Wildman–Crippen MR) is 121 cm³/mol. The van der Waals surface area contributed by atoms with Crippen molar-refractivity contribution in [2.24, 2.45) is 7.05 Å². The minimum absolute atomic E-state index is 0.111. The SMILES string of the molecule is CC(CCc1ccc(F)cc1)Nc1cc(Cn2c(=O)n(C)c3ccccc32)nc(N)n1. The molecule has 2 heterocycles. The molecule has 31 heavy (non-hydrogen) atoms. The second kappa shape index (κ2) is 8.59. The Kier molecular flexibility index (Phi) is 5.70. The van der Waals surface area contributed by atoms with Crippen LogP contribution in [0.1, 0.15) is 24.6 Å². The number of hydrogen-bond acceptors (Lipinski definition) is 5. The van der Waals surface area contributed by atoms with Crippen molar-refractivity contribution in [2.75, 3.05) is 11.1 Å². The Morgan fingerprint density at radius 3 is 2.55 bits per heavy atom. The maximum absolute atomic E-state index is 13.1. The Hall–Kier alpha value is -3.68. The molecule has 0 amide bonds.